The van der Waals surface area contributed by atoms with Crippen LogP contribution in [0.3, 0.4) is 0 Å². The first kappa shape index (κ1) is 27.3. The molecule has 4 saturated heterocycles. The van der Waals surface area contributed by atoms with E-state index in [4.69, 9.17) is 19.2 Å². The molecule has 44 heavy (non-hydrogen) atoms. The molecule has 4 aliphatic heterocycles. The van der Waals surface area contributed by atoms with E-state index >= 15 is 0 Å². The largest absolute Gasteiger partial charge is 0.491 e. The zero-order chi connectivity index (χ0) is 29.7. The second kappa shape index (κ2) is 11.0. The van der Waals surface area contributed by atoms with Crippen molar-refractivity contribution in [3.05, 3.63) is 66.2 Å². The molecule has 2 unspecified atom stereocenters. The number of nitriles is 1. The molecule has 5 fully saturated rings. The van der Waals surface area contributed by atoms with Crippen LogP contribution >= 0.6 is 0 Å². The van der Waals surface area contributed by atoms with E-state index in [2.05, 4.69) is 49.1 Å². The topological polar surface area (TPSA) is 104 Å². The summed E-state index contributed by atoms with van der Waals surface area (Å²) in [5, 5.41) is 14.2. The number of methoxy groups -OCH3 is 1. The lowest BCUT2D eigenvalue weighted by atomic mass is 9.87. The van der Waals surface area contributed by atoms with Gasteiger partial charge in [-0.3, -0.25) is 9.80 Å². The van der Waals surface area contributed by atoms with E-state index in [-0.39, 0.29) is 5.60 Å². The molecule has 0 radical (unpaired) electrons. The summed E-state index contributed by atoms with van der Waals surface area (Å²) in [4.78, 5) is 16.6. The van der Waals surface area contributed by atoms with Crippen molar-refractivity contribution in [2.45, 2.75) is 43.5 Å². The predicted molar refractivity (Wildman–Crippen MR) is 164 cm³/mol. The molecule has 11 heteroatoms. The Morgan fingerprint density at radius 3 is 2.70 bits per heavy atom. The van der Waals surface area contributed by atoms with Crippen LogP contribution in [0.1, 0.15) is 30.4 Å². The first-order valence-corrected chi connectivity index (χ1v) is 15.5. The molecule has 9 rings (SSSR count). The fourth-order valence-electron chi connectivity index (χ4n) is 7.03. The molecule has 0 aromatic carbocycles. The maximum atomic E-state index is 9.79. The molecule has 1 aliphatic carbocycles. The zero-order valence-corrected chi connectivity index (χ0v) is 24.9. The SMILES string of the molecule is COc1ccc(CN2C3CC2CN(c2ccc(-c4cc(OCCN5CCOC6(CC6)C5)cn5ncc(C#N)c45)cn2)C3)cn1. The van der Waals surface area contributed by atoms with Crippen LogP contribution in [0.25, 0.3) is 16.6 Å². The highest BCUT2D eigenvalue weighted by Gasteiger charge is 2.47. The molecule has 4 aromatic heterocycles. The van der Waals surface area contributed by atoms with Gasteiger partial charge in [0.1, 0.15) is 24.2 Å². The van der Waals surface area contributed by atoms with Crippen molar-refractivity contribution in [3.8, 4) is 28.8 Å². The van der Waals surface area contributed by atoms with Crippen molar-refractivity contribution in [3.63, 3.8) is 0 Å². The Morgan fingerprint density at radius 1 is 1.09 bits per heavy atom. The Morgan fingerprint density at radius 2 is 1.98 bits per heavy atom. The van der Waals surface area contributed by atoms with E-state index in [1.54, 1.807) is 17.8 Å². The van der Waals surface area contributed by atoms with E-state index in [0.717, 1.165) is 86.9 Å². The molecule has 5 aliphatic rings. The van der Waals surface area contributed by atoms with Gasteiger partial charge in [0.05, 0.1) is 42.8 Å². The molecule has 0 amide bonds. The number of anilines is 1. The third-order valence-corrected chi connectivity index (χ3v) is 9.62. The minimum Gasteiger partial charge on any atom is -0.491 e. The summed E-state index contributed by atoms with van der Waals surface area (Å²) in [7, 11) is 1.64. The number of ether oxygens (including phenoxy) is 3. The van der Waals surface area contributed by atoms with Crippen LogP contribution in [0.4, 0.5) is 5.82 Å². The summed E-state index contributed by atoms with van der Waals surface area (Å²) < 4.78 is 19.1. The lowest BCUT2D eigenvalue weighted by Gasteiger charge is -2.56. The fraction of sp³-hybridized carbons (Fsp3) is 0.455. The van der Waals surface area contributed by atoms with Gasteiger partial charge in [0, 0.05) is 80.9 Å². The van der Waals surface area contributed by atoms with Gasteiger partial charge in [-0.25, -0.2) is 14.5 Å². The molecule has 4 aromatic rings. The number of pyridine rings is 3. The first-order chi connectivity index (χ1) is 21.6. The van der Waals surface area contributed by atoms with Gasteiger partial charge in [-0.2, -0.15) is 10.4 Å². The Hall–Kier alpha value is -4.24. The number of piperidine rings is 1. The molecule has 11 nitrogen and oxygen atoms in total. The van der Waals surface area contributed by atoms with Gasteiger partial charge in [-0.05, 0) is 43.0 Å². The number of rotatable bonds is 9. The molecular weight excluding hydrogens is 556 g/mol. The van der Waals surface area contributed by atoms with Crippen LogP contribution in [0, 0.1) is 11.3 Å². The Bertz CT molecular complexity index is 1680. The minimum absolute atomic E-state index is 0.106. The van der Waals surface area contributed by atoms with Gasteiger partial charge < -0.3 is 19.1 Å². The monoisotopic (exact) mass is 592 g/mol. The number of hydrogen-bond donors (Lipinski definition) is 0. The van der Waals surface area contributed by atoms with Gasteiger partial charge in [-0.1, -0.05) is 6.07 Å². The van der Waals surface area contributed by atoms with Crippen LogP contribution in [0.2, 0.25) is 0 Å². The molecular formula is C33H36N8O3. The third-order valence-electron chi connectivity index (χ3n) is 9.62. The zero-order valence-electron chi connectivity index (χ0n) is 24.9. The van der Waals surface area contributed by atoms with Crippen molar-refractivity contribution in [2.75, 3.05) is 57.9 Å². The second-order valence-electron chi connectivity index (χ2n) is 12.4. The van der Waals surface area contributed by atoms with E-state index in [9.17, 15) is 5.26 Å². The number of morpholine rings is 1. The molecule has 2 atom stereocenters. The summed E-state index contributed by atoms with van der Waals surface area (Å²) in [6, 6.07) is 13.5. The minimum atomic E-state index is 0.106. The van der Waals surface area contributed by atoms with Crippen LogP contribution in [0.5, 0.6) is 11.6 Å². The molecule has 1 saturated carbocycles. The van der Waals surface area contributed by atoms with Crippen molar-refractivity contribution < 1.29 is 14.2 Å². The van der Waals surface area contributed by atoms with Crippen LogP contribution < -0.4 is 14.4 Å². The molecule has 2 bridgehead atoms. The summed E-state index contributed by atoms with van der Waals surface area (Å²) in [6.07, 6.45) is 10.8. The molecule has 226 valence electrons. The number of piperazine rings is 1. The fourth-order valence-corrected chi connectivity index (χ4v) is 7.03. The average Bonchev–Trinajstić information content (AvgIpc) is 3.67. The highest BCUT2D eigenvalue weighted by atomic mass is 16.5. The Balaban J connectivity index is 0.954. The van der Waals surface area contributed by atoms with Crippen molar-refractivity contribution in [1.29, 1.82) is 5.26 Å². The van der Waals surface area contributed by atoms with Crippen LogP contribution in [-0.4, -0.2) is 100 Å². The lowest BCUT2D eigenvalue weighted by Crippen LogP contribution is -2.68. The van der Waals surface area contributed by atoms with Crippen LogP contribution in [0.15, 0.2) is 55.1 Å². The number of aromatic nitrogens is 4. The van der Waals surface area contributed by atoms with Crippen LogP contribution in [-0.2, 0) is 11.3 Å². The van der Waals surface area contributed by atoms with Gasteiger partial charge in [0.15, 0.2) is 0 Å². The van der Waals surface area contributed by atoms with E-state index in [1.165, 1.54) is 12.0 Å². The lowest BCUT2D eigenvalue weighted by molar-refractivity contribution is -0.0483. The van der Waals surface area contributed by atoms with Crippen molar-refractivity contribution in [1.82, 2.24) is 29.4 Å². The van der Waals surface area contributed by atoms with Gasteiger partial charge in [0.2, 0.25) is 5.88 Å². The first-order valence-electron chi connectivity index (χ1n) is 15.5. The number of fused-ring (bicyclic) bond motifs is 3. The van der Waals surface area contributed by atoms with Gasteiger partial charge >= 0.3 is 0 Å². The maximum absolute atomic E-state index is 9.79. The van der Waals surface area contributed by atoms with Gasteiger partial charge in [-0.15, -0.1) is 0 Å². The van der Waals surface area contributed by atoms with E-state index < -0.39 is 0 Å². The summed E-state index contributed by atoms with van der Waals surface area (Å²) in [5.41, 5.74) is 4.43. The molecule has 1 spiro atoms. The predicted octanol–water partition coefficient (Wildman–Crippen LogP) is 3.38. The van der Waals surface area contributed by atoms with Crippen molar-refractivity contribution >= 4 is 11.3 Å². The highest BCUT2D eigenvalue weighted by Crippen LogP contribution is 2.42. The average molecular weight is 593 g/mol. The second-order valence-corrected chi connectivity index (χ2v) is 12.4. The Kier molecular flexibility index (Phi) is 6.85. The summed E-state index contributed by atoms with van der Waals surface area (Å²) in [6.45, 7) is 6.95. The summed E-state index contributed by atoms with van der Waals surface area (Å²) in [5.74, 6) is 2.35. The van der Waals surface area contributed by atoms with E-state index in [1.807, 2.05) is 30.7 Å². The normalized spacial score (nSPS) is 22.5. The van der Waals surface area contributed by atoms with Crippen molar-refractivity contribution in [2.24, 2.45) is 0 Å². The maximum Gasteiger partial charge on any atom is 0.212 e. The Labute approximate surface area is 256 Å². The highest BCUT2D eigenvalue weighted by molar-refractivity contribution is 5.85. The quantitative estimate of drug-likeness (QED) is 0.287. The third kappa shape index (κ3) is 5.13. The van der Waals surface area contributed by atoms with Gasteiger partial charge in [0.25, 0.3) is 0 Å². The molecule has 8 heterocycles. The summed E-state index contributed by atoms with van der Waals surface area (Å²) >= 11 is 0. The molecule has 0 N–H and O–H groups in total. The number of hydrogen-bond acceptors (Lipinski definition) is 10. The smallest absolute Gasteiger partial charge is 0.212 e. The van der Waals surface area contributed by atoms with E-state index in [0.29, 0.717) is 30.1 Å². The standard InChI is InChI=1S/C33H36N8O3/c1-42-31-5-2-23(15-36-31)18-40-26-12-27(40)20-39(19-26)30-4-3-24(16-35-30)29-13-28(21-41-32(29)25(14-34)17-37-41)43-10-8-38-9-11-44-33(22-38)6-7-33/h2-5,13,15-17,21,26-27H,6-12,18-20,22H2,1H3. The number of nitrogens with zero attached hydrogens (tertiary/aromatic N) is 8.